The minimum atomic E-state index is 0.683. The van der Waals surface area contributed by atoms with Crippen LogP contribution in [0.1, 0.15) is 50.6 Å². The van der Waals surface area contributed by atoms with E-state index in [2.05, 4.69) is 21.4 Å². The van der Waals surface area contributed by atoms with E-state index in [-0.39, 0.29) is 0 Å². The summed E-state index contributed by atoms with van der Waals surface area (Å²) in [7, 11) is 0. The number of nitrogens with zero attached hydrogens (tertiary/aromatic N) is 2. The maximum Gasteiger partial charge on any atom is 0.140 e. The van der Waals surface area contributed by atoms with Gasteiger partial charge in [-0.1, -0.05) is 25.3 Å². The summed E-state index contributed by atoms with van der Waals surface area (Å²) < 4.78 is 0. The quantitative estimate of drug-likeness (QED) is 0.657. The van der Waals surface area contributed by atoms with Gasteiger partial charge in [0.25, 0.3) is 0 Å². The van der Waals surface area contributed by atoms with Crippen molar-refractivity contribution in [3.8, 4) is 0 Å². The van der Waals surface area contributed by atoms with Crippen molar-refractivity contribution in [2.24, 2.45) is 11.3 Å². The number of rotatable bonds is 3. The van der Waals surface area contributed by atoms with Crippen LogP contribution in [0.4, 0.5) is 5.82 Å². The zero-order valence-electron chi connectivity index (χ0n) is 12.3. The van der Waals surface area contributed by atoms with Gasteiger partial charge in [0, 0.05) is 6.54 Å². The van der Waals surface area contributed by atoms with Crippen molar-refractivity contribution >= 4 is 5.82 Å². The Balaban J connectivity index is 1.55. The predicted octanol–water partition coefficient (Wildman–Crippen LogP) is 2.91. The Bertz CT molecular complexity index is 430. The second-order valence-corrected chi connectivity index (χ2v) is 6.50. The Hall–Kier alpha value is -1.13. The minimum absolute atomic E-state index is 0.683. The van der Waals surface area contributed by atoms with Gasteiger partial charge in [0.1, 0.15) is 5.82 Å². The first-order chi connectivity index (χ1) is 9.80. The first kappa shape index (κ1) is 13.8. The smallest absolute Gasteiger partial charge is 0.140 e. The van der Waals surface area contributed by atoms with E-state index in [1.807, 2.05) is 12.1 Å². The average Bonchev–Trinajstić information content (AvgIpc) is 2.51. The summed E-state index contributed by atoms with van der Waals surface area (Å²) in [5.41, 5.74) is 4.42. The summed E-state index contributed by atoms with van der Waals surface area (Å²) in [5, 5.41) is 0. The summed E-state index contributed by atoms with van der Waals surface area (Å²) >= 11 is 0. The maximum atomic E-state index is 5.42. The number of piperidine rings is 1. The molecule has 1 aromatic rings. The number of hydrazine groups is 1. The van der Waals surface area contributed by atoms with E-state index in [1.54, 1.807) is 0 Å². The topological polar surface area (TPSA) is 54.2 Å². The molecule has 0 atom stereocenters. The molecule has 2 heterocycles. The molecule has 110 valence electrons. The van der Waals surface area contributed by atoms with Crippen LogP contribution in [0.3, 0.4) is 0 Å². The van der Waals surface area contributed by atoms with E-state index >= 15 is 0 Å². The minimum Gasteiger partial charge on any atom is -0.308 e. The molecule has 3 N–H and O–H groups in total. The molecule has 2 aliphatic rings. The summed E-state index contributed by atoms with van der Waals surface area (Å²) in [6, 6.07) is 6.01. The average molecular weight is 274 g/mol. The molecule has 1 saturated carbocycles. The molecule has 1 saturated heterocycles. The molecule has 4 nitrogen and oxygen atoms in total. The van der Waals surface area contributed by atoms with Crippen molar-refractivity contribution in [2.45, 2.75) is 51.5 Å². The first-order valence-electron chi connectivity index (χ1n) is 7.95. The molecule has 0 bridgehead atoms. The fourth-order valence-corrected chi connectivity index (χ4v) is 3.86. The highest BCUT2D eigenvalue weighted by molar-refractivity contribution is 5.33. The van der Waals surface area contributed by atoms with Crippen LogP contribution in [0.15, 0.2) is 18.2 Å². The lowest BCUT2D eigenvalue weighted by Gasteiger charge is -2.44. The van der Waals surface area contributed by atoms with Crippen LogP contribution < -0.4 is 11.3 Å². The molecule has 3 rings (SSSR count). The zero-order chi connectivity index (χ0) is 13.8. The summed E-state index contributed by atoms with van der Waals surface area (Å²) in [4.78, 5) is 7.06. The SMILES string of the molecule is NNc1cccc(CN2CCC3(CCCCC3)CC2)n1. The van der Waals surface area contributed by atoms with Crippen molar-refractivity contribution in [1.29, 1.82) is 0 Å². The van der Waals surface area contributed by atoms with Crippen LogP contribution in [0, 0.1) is 5.41 Å². The van der Waals surface area contributed by atoms with Gasteiger partial charge in [0.2, 0.25) is 0 Å². The number of aromatic nitrogens is 1. The lowest BCUT2D eigenvalue weighted by molar-refractivity contribution is 0.0635. The normalized spacial score (nSPS) is 22.9. The highest BCUT2D eigenvalue weighted by atomic mass is 15.3. The number of nitrogen functional groups attached to an aromatic ring is 1. The number of pyridine rings is 1. The van der Waals surface area contributed by atoms with Crippen LogP contribution in [-0.2, 0) is 6.54 Å². The van der Waals surface area contributed by atoms with Crippen molar-refractivity contribution in [2.75, 3.05) is 18.5 Å². The van der Waals surface area contributed by atoms with Gasteiger partial charge in [-0.3, -0.25) is 4.90 Å². The van der Waals surface area contributed by atoms with E-state index < -0.39 is 0 Å². The van der Waals surface area contributed by atoms with Crippen LogP contribution in [-0.4, -0.2) is 23.0 Å². The lowest BCUT2D eigenvalue weighted by atomic mass is 9.68. The number of nitrogens with one attached hydrogen (secondary N) is 1. The van der Waals surface area contributed by atoms with Crippen molar-refractivity contribution in [3.63, 3.8) is 0 Å². The Morgan fingerprint density at radius 1 is 1.10 bits per heavy atom. The predicted molar refractivity (Wildman–Crippen MR) is 82.1 cm³/mol. The van der Waals surface area contributed by atoms with E-state index in [9.17, 15) is 0 Å². The molecule has 0 aromatic carbocycles. The largest absolute Gasteiger partial charge is 0.308 e. The molecule has 0 radical (unpaired) electrons. The fourth-order valence-electron chi connectivity index (χ4n) is 3.86. The second-order valence-electron chi connectivity index (χ2n) is 6.50. The summed E-state index contributed by atoms with van der Waals surface area (Å²) in [5.74, 6) is 6.17. The van der Waals surface area contributed by atoms with Gasteiger partial charge in [-0.2, -0.15) is 0 Å². The van der Waals surface area contributed by atoms with Gasteiger partial charge < -0.3 is 5.43 Å². The lowest BCUT2D eigenvalue weighted by Crippen LogP contribution is -2.40. The standard InChI is InChI=1S/C16H26N4/c17-19-15-6-4-5-14(18-15)13-20-11-9-16(10-12-20)7-2-1-3-8-16/h4-6H,1-3,7-13,17H2,(H,18,19). The van der Waals surface area contributed by atoms with Crippen LogP contribution in [0.25, 0.3) is 0 Å². The number of likely N-dealkylation sites (tertiary alicyclic amines) is 1. The van der Waals surface area contributed by atoms with Gasteiger partial charge >= 0.3 is 0 Å². The highest BCUT2D eigenvalue weighted by Crippen LogP contribution is 2.44. The molecule has 1 aliphatic heterocycles. The van der Waals surface area contributed by atoms with Gasteiger partial charge in [-0.05, 0) is 56.3 Å². The monoisotopic (exact) mass is 274 g/mol. The molecular formula is C16H26N4. The Labute approximate surface area is 121 Å². The third kappa shape index (κ3) is 3.13. The number of hydrogen-bond acceptors (Lipinski definition) is 4. The molecule has 1 aliphatic carbocycles. The Morgan fingerprint density at radius 3 is 2.55 bits per heavy atom. The van der Waals surface area contributed by atoms with E-state index in [4.69, 9.17) is 5.84 Å². The van der Waals surface area contributed by atoms with E-state index in [1.165, 1.54) is 58.0 Å². The first-order valence-corrected chi connectivity index (χ1v) is 7.95. The van der Waals surface area contributed by atoms with Crippen molar-refractivity contribution in [3.05, 3.63) is 23.9 Å². The molecule has 1 spiro atoms. The molecule has 2 fully saturated rings. The van der Waals surface area contributed by atoms with Gasteiger partial charge in [-0.25, -0.2) is 10.8 Å². The van der Waals surface area contributed by atoms with Gasteiger partial charge in [-0.15, -0.1) is 0 Å². The summed E-state index contributed by atoms with van der Waals surface area (Å²) in [6.45, 7) is 3.40. The van der Waals surface area contributed by atoms with Crippen LogP contribution >= 0.6 is 0 Å². The maximum absolute atomic E-state index is 5.42. The zero-order valence-corrected chi connectivity index (χ0v) is 12.3. The van der Waals surface area contributed by atoms with Crippen LogP contribution in [0.5, 0.6) is 0 Å². The summed E-state index contributed by atoms with van der Waals surface area (Å²) in [6.07, 6.45) is 10.0. The molecule has 1 aromatic heterocycles. The van der Waals surface area contributed by atoms with Crippen LogP contribution in [0.2, 0.25) is 0 Å². The highest BCUT2D eigenvalue weighted by Gasteiger charge is 2.35. The third-order valence-electron chi connectivity index (χ3n) is 5.17. The van der Waals surface area contributed by atoms with E-state index in [0.29, 0.717) is 5.41 Å². The van der Waals surface area contributed by atoms with E-state index in [0.717, 1.165) is 18.1 Å². The van der Waals surface area contributed by atoms with Gasteiger partial charge in [0.15, 0.2) is 0 Å². The Morgan fingerprint density at radius 2 is 1.85 bits per heavy atom. The van der Waals surface area contributed by atoms with Gasteiger partial charge in [0.05, 0.1) is 5.69 Å². The molecular weight excluding hydrogens is 248 g/mol. The number of hydrogen-bond donors (Lipinski definition) is 2. The number of anilines is 1. The molecule has 4 heteroatoms. The van der Waals surface area contributed by atoms with Crippen molar-refractivity contribution < 1.29 is 0 Å². The number of nitrogens with two attached hydrogens (primary N) is 1. The molecule has 20 heavy (non-hydrogen) atoms. The Kier molecular flexibility index (Phi) is 4.22. The van der Waals surface area contributed by atoms with Crippen molar-refractivity contribution in [1.82, 2.24) is 9.88 Å². The second kappa shape index (κ2) is 6.10. The molecule has 0 amide bonds. The third-order valence-corrected chi connectivity index (χ3v) is 5.17. The molecule has 0 unspecified atom stereocenters. The fraction of sp³-hybridized carbons (Fsp3) is 0.688.